The molecule has 2 aliphatic rings. The molecule has 2 aliphatic heterocycles. The lowest BCUT2D eigenvalue weighted by molar-refractivity contribution is -0.386. The number of aromatic amines is 1. The molecular weight excluding hydrogens is 1050 g/mol. The van der Waals surface area contributed by atoms with Gasteiger partial charge in [0.25, 0.3) is 25.7 Å². The molecule has 1 amide bonds. The summed E-state index contributed by atoms with van der Waals surface area (Å²) < 4.78 is 54.2. The Kier molecular flexibility index (Phi) is 20.6. The van der Waals surface area contributed by atoms with E-state index in [9.17, 15) is 29.8 Å². The third-order valence-corrected chi connectivity index (χ3v) is 16.3. The van der Waals surface area contributed by atoms with Crippen molar-refractivity contribution in [1.29, 1.82) is 5.26 Å². The van der Waals surface area contributed by atoms with Crippen LogP contribution in [0.15, 0.2) is 119 Å². The number of para-hydroxylation sites is 1. The van der Waals surface area contributed by atoms with Crippen LogP contribution in [0.1, 0.15) is 113 Å². The third-order valence-electron chi connectivity index (χ3n) is 14.2. The Morgan fingerprint density at radius 2 is 1.45 bits per heavy atom. The van der Waals surface area contributed by atoms with Crippen molar-refractivity contribution in [2.24, 2.45) is 0 Å². The number of nitro groups is 1. The van der Waals surface area contributed by atoms with Gasteiger partial charge in [0.1, 0.15) is 41.0 Å². The van der Waals surface area contributed by atoms with Crippen LogP contribution < -0.4 is 26.0 Å². The van der Waals surface area contributed by atoms with Gasteiger partial charge in [0, 0.05) is 48.6 Å². The number of hydrogen-bond acceptors (Lipinski definition) is 17. The molecule has 7 rings (SSSR count). The Bertz CT molecular complexity index is 2950. The van der Waals surface area contributed by atoms with Gasteiger partial charge < -0.3 is 42.8 Å². The van der Waals surface area contributed by atoms with Gasteiger partial charge in [0.05, 0.1) is 57.0 Å². The molecule has 430 valence electrons. The number of methoxy groups -OCH3 is 3. The number of H-pyrrole nitrogens is 1. The lowest BCUT2D eigenvalue weighted by Gasteiger charge is -2.53. The van der Waals surface area contributed by atoms with Crippen molar-refractivity contribution in [2.45, 2.75) is 141 Å². The predicted molar refractivity (Wildman–Crippen MR) is 299 cm³/mol. The zero-order valence-corrected chi connectivity index (χ0v) is 48.2. The number of hydroxylamine groups is 2. The van der Waals surface area contributed by atoms with Crippen molar-refractivity contribution in [3.05, 3.63) is 168 Å². The van der Waals surface area contributed by atoms with E-state index >= 15 is 0 Å². The number of nitro benzene ring substituents is 1. The first-order valence-corrected chi connectivity index (χ1v) is 27.6. The van der Waals surface area contributed by atoms with E-state index < -0.39 is 77.9 Å². The summed E-state index contributed by atoms with van der Waals surface area (Å²) in [6.07, 6.45) is -2.41. The zero-order valence-electron chi connectivity index (χ0n) is 47.3. The second-order valence-corrected chi connectivity index (χ2v) is 22.8. The number of nitriles is 1. The fourth-order valence-corrected chi connectivity index (χ4v) is 12.8. The lowest BCUT2D eigenvalue weighted by Crippen LogP contribution is -2.64. The van der Waals surface area contributed by atoms with Gasteiger partial charge in [-0.3, -0.25) is 34.1 Å². The van der Waals surface area contributed by atoms with E-state index in [0.717, 1.165) is 21.3 Å². The molecule has 5 unspecified atom stereocenters. The van der Waals surface area contributed by atoms with E-state index in [2.05, 4.69) is 21.0 Å². The molecule has 3 heterocycles. The van der Waals surface area contributed by atoms with Crippen LogP contribution in [0.25, 0.3) is 0 Å². The summed E-state index contributed by atoms with van der Waals surface area (Å²) in [4.78, 5) is 62.0. The van der Waals surface area contributed by atoms with Gasteiger partial charge in [-0.1, -0.05) is 66.7 Å². The van der Waals surface area contributed by atoms with E-state index in [1.165, 1.54) is 19.4 Å². The number of piperidine rings is 1. The van der Waals surface area contributed by atoms with E-state index in [-0.39, 0.29) is 56.4 Å². The molecule has 1 aromatic heterocycles. The van der Waals surface area contributed by atoms with Crippen molar-refractivity contribution >= 4 is 20.1 Å². The Labute approximate surface area is 468 Å². The van der Waals surface area contributed by atoms with Crippen LogP contribution in [0, 0.1) is 21.4 Å². The van der Waals surface area contributed by atoms with Crippen LogP contribution in [0.2, 0.25) is 0 Å². The number of nitrogens with one attached hydrogen (secondary N) is 2. The van der Waals surface area contributed by atoms with Gasteiger partial charge >= 0.3 is 5.69 Å². The monoisotopic (exact) mass is 1120 g/mol. The summed E-state index contributed by atoms with van der Waals surface area (Å²) in [5.41, 5.74) is -2.21. The number of carbonyl (C=O) groups excluding carboxylic acids is 1. The Morgan fingerprint density at radius 3 is 2.00 bits per heavy atom. The van der Waals surface area contributed by atoms with Crippen LogP contribution in [-0.4, -0.2) is 119 Å². The van der Waals surface area contributed by atoms with Crippen LogP contribution in [0.3, 0.4) is 0 Å². The third kappa shape index (κ3) is 13.8. The Balaban J connectivity index is 1.22. The molecular formula is C58H74N7O14P. The molecule has 0 spiro atoms. The maximum atomic E-state index is 14.5. The molecule has 0 aliphatic carbocycles. The standard InChI is InChI=1S/C58H74N7O14P/c1-38(2)63(39(3)4)80(77-31-17-30-59)79-50-49(36-75-58(41-19-13-12-14-20-41,42-22-26-45(71-9)27-23-42)43-24-28-46(72-10)29-25-43)78-54(51(50)73-11)62-34-47(53(67)61-55(62)68)52(66)60-44-32-56(5,6)65(57(7,8)33-44)76-37-74-35-40-18-15-16-21-48(40)64(69)70/h12-16,18-29,34,38-39,44,49-51,54H,17,31-33,35-37H2,1-11H3,(H,60,66)(H,61,67,68). The summed E-state index contributed by atoms with van der Waals surface area (Å²) in [6.45, 7) is 15.5. The largest absolute Gasteiger partial charge is 0.497 e. The minimum absolute atomic E-state index is 0.0432. The van der Waals surface area contributed by atoms with Gasteiger partial charge in [0.2, 0.25) is 0 Å². The molecule has 22 heteroatoms. The predicted octanol–water partition coefficient (Wildman–Crippen LogP) is 8.90. The van der Waals surface area contributed by atoms with Crippen molar-refractivity contribution < 1.29 is 52.0 Å². The minimum atomic E-state index is -1.94. The van der Waals surface area contributed by atoms with Crippen LogP contribution in [-0.2, 0) is 45.0 Å². The maximum Gasteiger partial charge on any atom is 0.330 e. The molecule has 2 N–H and O–H groups in total. The number of carbonyl (C=O) groups is 1. The molecule has 0 saturated carbocycles. The molecule has 4 aromatic carbocycles. The summed E-state index contributed by atoms with van der Waals surface area (Å²) >= 11 is 0. The quantitative estimate of drug-likeness (QED) is 0.0131. The Morgan fingerprint density at radius 1 is 0.875 bits per heavy atom. The molecule has 80 heavy (non-hydrogen) atoms. The maximum absolute atomic E-state index is 14.5. The van der Waals surface area contributed by atoms with E-state index in [1.54, 1.807) is 37.5 Å². The second kappa shape index (κ2) is 26.9. The van der Waals surface area contributed by atoms with Crippen molar-refractivity contribution in [2.75, 3.05) is 41.3 Å². The second-order valence-electron chi connectivity index (χ2n) is 21.4. The normalized spacial score (nSPS) is 19.7. The molecule has 21 nitrogen and oxygen atoms in total. The van der Waals surface area contributed by atoms with Crippen LogP contribution >= 0.6 is 8.53 Å². The summed E-state index contributed by atoms with van der Waals surface area (Å²) in [7, 11) is 2.70. The summed E-state index contributed by atoms with van der Waals surface area (Å²) in [5, 5.41) is 26.0. The highest BCUT2D eigenvalue weighted by Crippen LogP contribution is 2.51. The average molecular weight is 1120 g/mol. The minimum Gasteiger partial charge on any atom is -0.497 e. The fourth-order valence-electron chi connectivity index (χ4n) is 11.0. The Hall–Kier alpha value is -6.41. The zero-order chi connectivity index (χ0) is 57.9. The van der Waals surface area contributed by atoms with Crippen molar-refractivity contribution in [3.63, 3.8) is 0 Å². The molecule has 0 bridgehead atoms. The first-order valence-electron chi connectivity index (χ1n) is 26.5. The van der Waals surface area contributed by atoms with Gasteiger partial charge in [-0.05, 0) is 115 Å². The number of amides is 1. The number of aromatic nitrogens is 2. The van der Waals surface area contributed by atoms with E-state index in [1.807, 2.05) is 134 Å². The van der Waals surface area contributed by atoms with E-state index in [4.69, 9.17) is 42.3 Å². The number of benzene rings is 4. The first kappa shape index (κ1) is 61.2. The summed E-state index contributed by atoms with van der Waals surface area (Å²) in [6, 6.07) is 32.7. The topological polar surface area (TPSA) is 240 Å². The SMILES string of the molecule is COc1ccc(C(OCC2OC(n3cc(C(=O)NC4CC(C)(C)N(OCOCc5ccccc5[N+](=O)[O-])C(C)(C)C4)c(=O)[nH]c3=O)C(OC)C2OP(OCCC#N)N(C(C)C)C(C)C)(c2ccccc2)c2ccc(OC)cc2)cc1. The number of hydrogen-bond donors (Lipinski definition) is 2. The van der Waals surface area contributed by atoms with Crippen molar-refractivity contribution in [1.82, 2.24) is 24.6 Å². The molecule has 2 fully saturated rings. The highest BCUT2D eigenvalue weighted by Gasteiger charge is 2.52. The average Bonchev–Trinajstić information content (AvgIpc) is 3.78. The van der Waals surface area contributed by atoms with Gasteiger partial charge in [-0.15, -0.1) is 0 Å². The fraction of sp³-hybridized carbons (Fsp3) is 0.483. The number of ether oxygens (including phenoxy) is 6. The highest BCUT2D eigenvalue weighted by molar-refractivity contribution is 7.44. The number of rotatable bonds is 26. The van der Waals surface area contributed by atoms with Crippen LogP contribution in [0.5, 0.6) is 11.5 Å². The van der Waals surface area contributed by atoms with Crippen LogP contribution in [0.4, 0.5) is 5.69 Å². The summed E-state index contributed by atoms with van der Waals surface area (Å²) in [5.74, 6) is 0.538. The first-order chi connectivity index (χ1) is 38.2. The highest BCUT2D eigenvalue weighted by atomic mass is 31.2. The van der Waals surface area contributed by atoms with Gasteiger partial charge in [-0.2, -0.15) is 10.3 Å². The number of nitrogens with zero attached hydrogens (tertiary/aromatic N) is 5. The lowest BCUT2D eigenvalue weighted by atomic mass is 9.79. The molecule has 5 aromatic rings. The van der Waals surface area contributed by atoms with Crippen molar-refractivity contribution in [3.8, 4) is 17.6 Å². The van der Waals surface area contributed by atoms with Gasteiger partial charge in [-0.25, -0.2) is 9.46 Å². The smallest absolute Gasteiger partial charge is 0.330 e. The van der Waals surface area contributed by atoms with E-state index in [0.29, 0.717) is 29.9 Å². The molecule has 0 radical (unpaired) electrons. The molecule has 2 saturated heterocycles. The molecule has 5 atom stereocenters. The van der Waals surface area contributed by atoms with Gasteiger partial charge in [0.15, 0.2) is 13.0 Å².